The Morgan fingerprint density at radius 3 is 3.45 bits per heavy atom. The second-order valence-electron chi connectivity index (χ2n) is 2.81. The summed E-state index contributed by atoms with van der Waals surface area (Å²) in [6, 6.07) is 9.29. The Balaban J connectivity index is 2.39. The minimum absolute atomic E-state index is 0.322. The molecular formula is C10H11O. The average Bonchev–Trinajstić information content (AvgIpc) is 2.47. The van der Waals surface area contributed by atoms with E-state index in [0.29, 0.717) is 6.10 Å². The average molecular weight is 147 g/mol. The first-order valence-electron chi connectivity index (χ1n) is 4.03. The Hall–Kier alpha value is -0.820. The van der Waals surface area contributed by atoms with Crippen LogP contribution in [0.4, 0.5) is 0 Å². The zero-order valence-electron chi connectivity index (χ0n) is 6.63. The summed E-state index contributed by atoms with van der Waals surface area (Å²) in [6.07, 6.45) is 1.38. The summed E-state index contributed by atoms with van der Waals surface area (Å²) in [5.74, 6) is 0. The second-order valence-corrected chi connectivity index (χ2v) is 2.81. The molecule has 57 valence electrons. The van der Waals surface area contributed by atoms with Crippen molar-refractivity contribution in [1.82, 2.24) is 0 Å². The number of ether oxygens (including phenoxy) is 1. The van der Waals surface area contributed by atoms with Gasteiger partial charge >= 0.3 is 0 Å². The first kappa shape index (κ1) is 6.86. The Bertz CT molecular complexity index is 255. The minimum atomic E-state index is 0.322. The molecule has 1 nitrogen and oxygen atoms in total. The number of hydrogen-bond donors (Lipinski definition) is 0. The lowest BCUT2D eigenvalue weighted by Crippen LogP contribution is -1.91. The molecular weight excluding hydrogens is 136 g/mol. The molecule has 11 heavy (non-hydrogen) atoms. The Kier molecular flexibility index (Phi) is 1.66. The van der Waals surface area contributed by atoms with E-state index in [1.807, 2.05) is 12.1 Å². The van der Waals surface area contributed by atoms with Gasteiger partial charge in [0.05, 0.1) is 12.7 Å². The quantitative estimate of drug-likeness (QED) is 0.593. The fraction of sp³-hybridized carbons (Fsp3) is 0.400. The molecule has 1 heteroatoms. The fourth-order valence-electron chi connectivity index (χ4n) is 1.52. The molecule has 0 amide bonds. The van der Waals surface area contributed by atoms with E-state index < -0.39 is 0 Å². The van der Waals surface area contributed by atoms with Crippen molar-refractivity contribution in [3.8, 4) is 0 Å². The molecule has 1 aromatic rings. The van der Waals surface area contributed by atoms with Gasteiger partial charge in [-0.25, -0.2) is 0 Å². The van der Waals surface area contributed by atoms with Crippen LogP contribution in [-0.4, -0.2) is 0 Å². The van der Waals surface area contributed by atoms with Gasteiger partial charge in [0.25, 0.3) is 0 Å². The largest absolute Gasteiger partial charge is 0.369 e. The third kappa shape index (κ3) is 1.05. The number of hydrogen-bond acceptors (Lipinski definition) is 1. The van der Waals surface area contributed by atoms with Crippen molar-refractivity contribution in [2.45, 2.75) is 26.1 Å². The van der Waals surface area contributed by atoms with Gasteiger partial charge in [0.1, 0.15) is 0 Å². The van der Waals surface area contributed by atoms with Crippen LogP contribution in [-0.2, 0) is 11.3 Å². The molecule has 1 radical (unpaired) electrons. The second kappa shape index (κ2) is 2.67. The lowest BCUT2D eigenvalue weighted by atomic mass is 10.0. The van der Waals surface area contributed by atoms with Crippen molar-refractivity contribution in [2.75, 3.05) is 0 Å². The van der Waals surface area contributed by atoms with Crippen LogP contribution < -0.4 is 0 Å². The first-order valence-corrected chi connectivity index (χ1v) is 4.03. The summed E-state index contributed by atoms with van der Waals surface area (Å²) < 4.78 is 5.54. The van der Waals surface area contributed by atoms with Crippen molar-refractivity contribution in [1.29, 1.82) is 0 Å². The molecule has 0 fully saturated rings. The molecule has 0 aliphatic carbocycles. The lowest BCUT2D eigenvalue weighted by Gasteiger charge is -2.05. The van der Waals surface area contributed by atoms with Gasteiger partial charge < -0.3 is 4.74 Å². The lowest BCUT2D eigenvalue weighted by molar-refractivity contribution is 0.0636. The van der Waals surface area contributed by atoms with E-state index in [0.717, 1.165) is 13.0 Å². The molecule has 1 aliphatic rings. The van der Waals surface area contributed by atoms with Gasteiger partial charge in [-0.2, -0.15) is 0 Å². The number of benzene rings is 1. The van der Waals surface area contributed by atoms with Gasteiger partial charge in [0, 0.05) is 0 Å². The zero-order valence-corrected chi connectivity index (χ0v) is 6.63. The predicted octanol–water partition coefficient (Wildman–Crippen LogP) is 2.47. The highest BCUT2D eigenvalue weighted by Crippen LogP contribution is 2.31. The van der Waals surface area contributed by atoms with Crippen LogP contribution in [0, 0.1) is 6.07 Å². The highest BCUT2D eigenvalue weighted by Gasteiger charge is 2.20. The predicted molar refractivity (Wildman–Crippen MR) is 43.1 cm³/mol. The van der Waals surface area contributed by atoms with Crippen LogP contribution in [0.25, 0.3) is 0 Å². The van der Waals surface area contributed by atoms with Gasteiger partial charge in [-0.15, -0.1) is 0 Å². The molecule has 0 spiro atoms. The van der Waals surface area contributed by atoms with Crippen molar-refractivity contribution >= 4 is 0 Å². The molecule has 2 rings (SSSR count). The Morgan fingerprint density at radius 2 is 2.64 bits per heavy atom. The number of rotatable bonds is 1. The van der Waals surface area contributed by atoms with Crippen molar-refractivity contribution in [3.05, 3.63) is 35.4 Å². The fourth-order valence-corrected chi connectivity index (χ4v) is 1.52. The van der Waals surface area contributed by atoms with Gasteiger partial charge in [-0.1, -0.05) is 25.1 Å². The standard InChI is InChI=1S/C10H11O/c1-2-10-9-6-4-3-5-8(9)7-11-10/h3-4,6,10H,2,7H2,1H3. The van der Waals surface area contributed by atoms with Crippen LogP contribution >= 0.6 is 0 Å². The van der Waals surface area contributed by atoms with Crippen LogP contribution in [0.3, 0.4) is 0 Å². The van der Waals surface area contributed by atoms with E-state index in [1.54, 1.807) is 0 Å². The van der Waals surface area contributed by atoms with Crippen molar-refractivity contribution < 1.29 is 4.74 Å². The molecule has 0 saturated heterocycles. The normalized spacial score (nSPS) is 21.7. The number of fused-ring (bicyclic) bond motifs is 1. The monoisotopic (exact) mass is 147 g/mol. The highest BCUT2D eigenvalue weighted by molar-refractivity contribution is 5.30. The molecule has 1 heterocycles. The topological polar surface area (TPSA) is 9.23 Å². The van der Waals surface area contributed by atoms with Gasteiger partial charge in [-0.05, 0) is 23.6 Å². The van der Waals surface area contributed by atoms with E-state index in [1.165, 1.54) is 11.1 Å². The SMILES string of the molecule is CCC1OCc2[c]cccc21. The van der Waals surface area contributed by atoms with Crippen LogP contribution in [0.2, 0.25) is 0 Å². The third-order valence-corrected chi connectivity index (χ3v) is 2.12. The van der Waals surface area contributed by atoms with Crippen molar-refractivity contribution in [3.63, 3.8) is 0 Å². The molecule has 1 atom stereocenters. The van der Waals surface area contributed by atoms with Crippen LogP contribution in [0.1, 0.15) is 30.6 Å². The molecule has 1 aliphatic heterocycles. The van der Waals surface area contributed by atoms with Crippen molar-refractivity contribution in [2.24, 2.45) is 0 Å². The maximum Gasteiger partial charge on any atom is 0.0830 e. The maximum atomic E-state index is 5.54. The molecule has 1 aromatic carbocycles. The molecule has 0 saturated carbocycles. The van der Waals surface area contributed by atoms with E-state index in [9.17, 15) is 0 Å². The summed E-state index contributed by atoms with van der Waals surface area (Å²) >= 11 is 0. The summed E-state index contributed by atoms with van der Waals surface area (Å²) in [6.45, 7) is 2.89. The van der Waals surface area contributed by atoms with Gasteiger partial charge in [-0.3, -0.25) is 0 Å². The Labute approximate surface area is 67.0 Å². The Morgan fingerprint density at radius 1 is 1.73 bits per heavy atom. The molecule has 0 bridgehead atoms. The molecule has 1 unspecified atom stereocenters. The smallest absolute Gasteiger partial charge is 0.0830 e. The molecule has 0 aromatic heterocycles. The highest BCUT2D eigenvalue weighted by atomic mass is 16.5. The minimum Gasteiger partial charge on any atom is -0.369 e. The van der Waals surface area contributed by atoms with E-state index in [4.69, 9.17) is 4.74 Å². The first-order chi connectivity index (χ1) is 5.42. The van der Waals surface area contributed by atoms with Gasteiger partial charge in [0.15, 0.2) is 0 Å². The molecule has 0 N–H and O–H groups in total. The summed E-state index contributed by atoms with van der Waals surface area (Å²) in [7, 11) is 0. The summed E-state index contributed by atoms with van der Waals surface area (Å²) in [5.41, 5.74) is 2.56. The maximum absolute atomic E-state index is 5.54. The zero-order chi connectivity index (χ0) is 7.68. The van der Waals surface area contributed by atoms with Crippen LogP contribution in [0.15, 0.2) is 18.2 Å². The van der Waals surface area contributed by atoms with Gasteiger partial charge in [0.2, 0.25) is 0 Å². The van der Waals surface area contributed by atoms with E-state index in [2.05, 4.69) is 19.1 Å². The van der Waals surface area contributed by atoms with E-state index in [-0.39, 0.29) is 0 Å². The third-order valence-electron chi connectivity index (χ3n) is 2.12. The summed E-state index contributed by atoms with van der Waals surface area (Å²) in [4.78, 5) is 0. The van der Waals surface area contributed by atoms with E-state index >= 15 is 0 Å². The summed E-state index contributed by atoms with van der Waals surface area (Å²) in [5, 5.41) is 0. The van der Waals surface area contributed by atoms with Crippen LogP contribution in [0.5, 0.6) is 0 Å².